The Labute approximate surface area is 161 Å². The number of rotatable bonds is 8. The Kier molecular flexibility index (Phi) is 8.39. The van der Waals surface area contributed by atoms with E-state index < -0.39 is 11.8 Å². The number of piperazine rings is 1. The van der Waals surface area contributed by atoms with Gasteiger partial charge < -0.3 is 24.6 Å². The van der Waals surface area contributed by atoms with Gasteiger partial charge in [-0.15, -0.1) is 0 Å². The summed E-state index contributed by atoms with van der Waals surface area (Å²) in [5, 5.41) is 2.73. The van der Waals surface area contributed by atoms with E-state index in [2.05, 4.69) is 17.1 Å². The third-order valence-corrected chi connectivity index (χ3v) is 4.61. The Morgan fingerprint density at radius 3 is 2.30 bits per heavy atom. The molecular formula is C20H31N3O4. The average Bonchev–Trinajstić information content (AvgIpc) is 2.69. The van der Waals surface area contributed by atoms with Crippen LogP contribution < -0.4 is 14.8 Å². The Morgan fingerprint density at radius 1 is 1.00 bits per heavy atom. The fourth-order valence-corrected chi connectivity index (χ4v) is 3.06. The van der Waals surface area contributed by atoms with Crippen molar-refractivity contribution in [2.75, 3.05) is 52.5 Å². The quantitative estimate of drug-likeness (QED) is 0.692. The minimum Gasteiger partial charge on any atom is -0.490 e. The lowest BCUT2D eigenvalue weighted by molar-refractivity contribution is -0.146. The van der Waals surface area contributed by atoms with Gasteiger partial charge in [0.15, 0.2) is 11.5 Å². The van der Waals surface area contributed by atoms with Gasteiger partial charge in [0.1, 0.15) is 0 Å². The molecule has 1 heterocycles. The van der Waals surface area contributed by atoms with Gasteiger partial charge in [0.2, 0.25) is 0 Å². The van der Waals surface area contributed by atoms with Crippen LogP contribution in [-0.2, 0) is 16.0 Å². The molecule has 0 spiro atoms. The number of likely N-dealkylation sites (N-methyl/N-ethyl adjacent to an activating group) is 1. The fourth-order valence-electron chi connectivity index (χ4n) is 3.06. The van der Waals surface area contributed by atoms with Gasteiger partial charge in [0, 0.05) is 32.7 Å². The van der Waals surface area contributed by atoms with E-state index in [-0.39, 0.29) is 0 Å². The van der Waals surface area contributed by atoms with E-state index in [1.54, 1.807) is 4.90 Å². The van der Waals surface area contributed by atoms with E-state index in [0.717, 1.165) is 25.2 Å². The van der Waals surface area contributed by atoms with E-state index in [9.17, 15) is 9.59 Å². The molecular weight excluding hydrogens is 346 g/mol. The zero-order valence-corrected chi connectivity index (χ0v) is 16.6. The van der Waals surface area contributed by atoms with Crippen molar-refractivity contribution in [3.8, 4) is 11.5 Å². The molecule has 1 saturated heterocycles. The van der Waals surface area contributed by atoms with Crippen LogP contribution >= 0.6 is 0 Å². The molecule has 1 aliphatic heterocycles. The van der Waals surface area contributed by atoms with Crippen molar-refractivity contribution in [1.29, 1.82) is 0 Å². The Hall–Kier alpha value is -2.28. The molecule has 1 aliphatic rings. The number of carbonyl (C=O) groups is 2. The minimum absolute atomic E-state index is 0.402. The fraction of sp³-hybridized carbons (Fsp3) is 0.600. The van der Waals surface area contributed by atoms with Crippen molar-refractivity contribution >= 4 is 11.8 Å². The number of benzene rings is 1. The molecule has 1 aromatic rings. The Balaban J connectivity index is 1.82. The van der Waals surface area contributed by atoms with E-state index >= 15 is 0 Å². The number of hydrogen-bond donors (Lipinski definition) is 1. The molecule has 0 atom stereocenters. The monoisotopic (exact) mass is 377 g/mol. The van der Waals surface area contributed by atoms with E-state index in [1.165, 1.54) is 0 Å². The lowest BCUT2D eigenvalue weighted by Crippen LogP contribution is -2.52. The van der Waals surface area contributed by atoms with Crippen LogP contribution in [0.1, 0.15) is 26.3 Å². The van der Waals surface area contributed by atoms with Crippen molar-refractivity contribution in [3.63, 3.8) is 0 Å². The molecule has 2 amide bonds. The highest BCUT2D eigenvalue weighted by Crippen LogP contribution is 2.28. The molecule has 7 heteroatoms. The highest BCUT2D eigenvalue weighted by Gasteiger charge is 2.25. The van der Waals surface area contributed by atoms with Gasteiger partial charge in [-0.2, -0.15) is 0 Å². The first-order valence-electron chi connectivity index (χ1n) is 9.77. The van der Waals surface area contributed by atoms with Crippen LogP contribution in [0.15, 0.2) is 18.2 Å². The summed E-state index contributed by atoms with van der Waals surface area (Å²) in [5.41, 5.74) is 1.02. The van der Waals surface area contributed by atoms with E-state index in [0.29, 0.717) is 50.8 Å². The standard InChI is InChI=1S/C20H31N3O4/c1-4-22-11-13-23(14-12-22)20(25)19(24)21-10-9-16-7-8-17(26-5-2)18(15-16)27-6-3/h7-8,15H,4-6,9-14H2,1-3H3,(H,21,24). The third kappa shape index (κ3) is 6.13. The van der Waals surface area contributed by atoms with Crippen molar-refractivity contribution in [2.24, 2.45) is 0 Å². The molecule has 1 N–H and O–H groups in total. The lowest BCUT2D eigenvalue weighted by atomic mass is 10.1. The maximum absolute atomic E-state index is 12.3. The molecule has 0 aromatic heterocycles. The first-order chi connectivity index (χ1) is 13.1. The SMILES string of the molecule is CCOc1ccc(CCNC(=O)C(=O)N2CCN(CC)CC2)cc1OCC. The predicted molar refractivity (Wildman–Crippen MR) is 104 cm³/mol. The van der Waals surface area contributed by atoms with Crippen molar-refractivity contribution in [3.05, 3.63) is 23.8 Å². The first kappa shape index (κ1) is 21.0. The van der Waals surface area contributed by atoms with Crippen molar-refractivity contribution < 1.29 is 19.1 Å². The number of hydrogen-bond acceptors (Lipinski definition) is 5. The topological polar surface area (TPSA) is 71.1 Å². The van der Waals surface area contributed by atoms with Crippen LogP contribution in [-0.4, -0.2) is 74.1 Å². The van der Waals surface area contributed by atoms with Gasteiger partial charge >= 0.3 is 11.8 Å². The molecule has 150 valence electrons. The maximum Gasteiger partial charge on any atom is 0.311 e. The summed E-state index contributed by atoms with van der Waals surface area (Å²) in [6.07, 6.45) is 0.620. The van der Waals surface area contributed by atoms with Crippen molar-refractivity contribution in [1.82, 2.24) is 15.1 Å². The summed E-state index contributed by atoms with van der Waals surface area (Å²) in [6.45, 7) is 11.3. The highest BCUT2D eigenvalue weighted by atomic mass is 16.5. The summed E-state index contributed by atoms with van der Waals surface area (Å²) < 4.78 is 11.2. The minimum atomic E-state index is -0.532. The summed E-state index contributed by atoms with van der Waals surface area (Å²) in [6, 6.07) is 5.75. The van der Waals surface area contributed by atoms with Crippen LogP contribution in [0.2, 0.25) is 0 Å². The molecule has 0 unspecified atom stereocenters. The van der Waals surface area contributed by atoms with Crippen LogP contribution in [0.3, 0.4) is 0 Å². The Bertz CT molecular complexity index is 628. The maximum atomic E-state index is 12.3. The van der Waals surface area contributed by atoms with E-state index in [1.807, 2.05) is 32.0 Å². The number of carbonyl (C=O) groups excluding carboxylic acids is 2. The lowest BCUT2D eigenvalue weighted by Gasteiger charge is -2.33. The molecule has 0 aliphatic carbocycles. The van der Waals surface area contributed by atoms with Crippen LogP contribution in [0.5, 0.6) is 11.5 Å². The number of nitrogens with one attached hydrogen (secondary N) is 1. The predicted octanol–water partition coefficient (Wildman–Crippen LogP) is 1.31. The van der Waals surface area contributed by atoms with Gasteiger partial charge in [-0.05, 0) is 44.5 Å². The summed E-state index contributed by atoms with van der Waals surface area (Å²) >= 11 is 0. The Morgan fingerprint density at radius 2 is 1.67 bits per heavy atom. The third-order valence-electron chi connectivity index (χ3n) is 4.61. The molecule has 27 heavy (non-hydrogen) atoms. The van der Waals surface area contributed by atoms with Gasteiger partial charge in [-0.1, -0.05) is 13.0 Å². The molecule has 2 rings (SSSR count). The molecule has 7 nitrogen and oxygen atoms in total. The molecule has 0 radical (unpaired) electrons. The molecule has 1 fully saturated rings. The van der Waals surface area contributed by atoms with Gasteiger partial charge in [-0.25, -0.2) is 0 Å². The van der Waals surface area contributed by atoms with Gasteiger partial charge in [0.05, 0.1) is 13.2 Å². The second kappa shape index (κ2) is 10.8. The zero-order valence-electron chi connectivity index (χ0n) is 16.6. The first-order valence-corrected chi connectivity index (χ1v) is 9.77. The van der Waals surface area contributed by atoms with Crippen LogP contribution in [0.4, 0.5) is 0 Å². The van der Waals surface area contributed by atoms with Crippen LogP contribution in [0, 0.1) is 0 Å². The number of amides is 2. The molecule has 0 saturated carbocycles. The van der Waals surface area contributed by atoms with Crippen molar-refractivity contribution in [2.45, 2.75) is 27.2 Å². The van der Waals surface area contributed by atoms with Crippen LogP contribution in [0.25, 0.3) is 0 Å². The number of nitrogens with zero attached hydrogens (tertiary/aromatic N) is 2. The van der Waals surface area contributed by atoms with E-state index in [4.69, 9.17) is 9.47 Å². The second-order valence-corrected chi connectivity index (χ2v) is 6.38. The normalized spacial score (nSPS) is 14.7. The average molecular weight is 377 g/mol. The smallest absolute Gasteiger partial charge is 0.311 e. The second-order valence-electron chi connectivity index (χ2n) is 6.38. The van der Waals surface area contributed by atoms with Gasteiger partial charge in [-0.3, -0.25) is 9.59 Å². The molecule has 0 bridgehead atoms. The largest absolute Gasteiger partial charge is 0.490 e. The summed E-state index contributed by atoms with van der Waals surface area (Å²) in [5.74, 6) is 0.449. The number of ether oxygens (including phenoxy) is 2. The molecule has 1 aromatic carbocycles. The zero-order chi connectivity index (χ0) is 19.6. The van der Waals surface area contributed by atoms with Gasteiger partial charge in [0.25, 0.3) is 0 Å². The summed E-state index contributed by atoms with van der Waals surface area (Å²) in [4.78, 5) is 28.3. The summed E-state index contributed by atoms with van der Waals surface area (Å²) in [7, 11) is 0. The highest BCUT2D eigenvalue weighted by molar-refractivity contribution is 6.35.